The third kappa shape index (κ3) is 3.87. The van der Waals surface area contributed by atoms with E-state index in [1.54, 1.807) is 0 Å². The van der Waals surface area contributed by atoms with Gasteiger partial charge in [0.2, 0.25) is 0 Å². The predicted molar refractivity (Wildman–Crippen MR) is 129 cm³/mol. The second-order valence-corrected chi connectivity index (χ2v) is 12.8. The maximum Gasteiger partial charge on any atom is 0.159 e. The lowest BCUT2D eigenvalue weighted by molar-refractivity contribution is -0.135. The summed E-state index contributed by atoms with van der Waals surface area (Å²) in [5.41, 5.74) is 1.75. The average Bonchev–Trinajstić information content (AvgIpc) is 3.06. The number of allylic oxidation sites excluding steroid dienone is 1. The highest BCUT2D eigenvalue weighted by Gasteiger charge is 2.61. The monoisotopic (exact) mass is 428 g/mol. The number of carbonyl (C=O) groups excluding carboxylic acids is 1. The molecule has 0 bridgehead atoms. The number of hydrogen-bond acceptors (Lipinski definition) is 2. The summed E-state index contributed by atoms with van der Waals surface area (Å²) in [5.74, 6) is 4.90. The van der Waals surface area contributed by atoms with Gasteiger partial charge in [0.05, 0.1) is 6.10 Å². The molecule has 0 aromatic carbocycles. The van der Waals surface area contributed by atoms with Crippen LogP contribution in [0.1, 0.15) is 106 Å². The van der Waals surface area contributed by atoms with Crippen LogP contribution in [0.4, 0.5) is 0 Å². The van der Waals surface area contributed by atoms with Crippen molar-refractivity contribution in [2.24, 2.45) is 52.3 Å². The van der Waals surface area contributed by atoms with E-state index >= 15 is 0 Å². The number of hydrogen-bond donors (Lipinski definition) is 1. The first-order chi connectivity index (χ1) is 14.6. The van der Waals surface area contributed by atoms with Crippen molar-refractivity contribution in [1.29, 1.82) is 0 Å². The molecule has 4 aliphatic carbocycles. The van der Waals surface area contributed by atoms with Gasteiger partial charge >= 0.3 is 0 Å². The van der Waals surface area contributed by atoms with Crippen molar-refractivity contribution >= 4 is 5.78 Å². The van der Waals surface area contributed by atoms with Gasteiger partial charge in [-0.2, -0.15) is 0 Å². The van der Waals surface area contributed by atoms with Gasteiger partial charge in [-0.05, 0) is 104 Å². The van der Waals surface area contributed by atoms with E-state index in [2.05, 4.69) is 41.5 Å². The zero-order chi connectivity index (χ0) is 22.6. The molecular formula is C29H48O2. The SMILES string of the molecule is CC[C@H](CC[C@@H](C)[C@H]1CC[C@H]2[C@@H]3C(=O)C=C4CC(O)CC[C@]4(C)[C@H]3CC[C@]12C)C(C)C. The molecule has 176 valence electrons. The Bertz CT molecular complexity index is 708. The van der Waals surface area contributed by atoms with Crippen LogP contribution < -0.4 is 0 Å². The molecule has 2 nitrogen and oxygen atoms in total. The molecule has 0 aromatic heterocycles. The third-order valence-electron chi connectivity index (χ3n) is 11.1. The maximum absolute atomic E-state index is 13.5. The quantitative estimate of drug-likeness (QED) is 0.485. The number of aliphatic hydroxyl groups excluding tert-OH is 1. The van der Waals surface area contributed by atoms with E-state index in [0.29, 0.717) is 23.0 Å². The summed E-state index contributed by atoms with van der Waals surface area (Å²) in [6.07, 6.45) is 13.5. The lowest BCUT2D eigenvalue weighted by atomic mass is 9.46. The van der Waals surface area contributed by atoms with Crippen LogP contribution >= 0.6 is 0 Å². The number of fused-ring (bicyclic) bond motifs is 5. The minimum Gasteiger partial charge on any atom is -0.393 e. The van der Waals surface area contributed by atoms with Crippen LogP contribution in [0.3, 0.4) is 0 Å². The number of aliphatic hydroxyl groups is 1. The summed E-state index contributed by atoms with van der Waals surface area (Å²) in [4.78, 5) is 13.5. The first-order valence-corrected chi connectivity index (χ1v) is 13.5. The average molecular weight is 429 g/mol. The van der Waals surface area contributed by atoms with E-state index in [-0.39, 0.29) is 17.4 Å². The first kappa shape index (κ1) is 23.5. The summed E-state index contributed by atoms with van der Waals surface area (Å²) in [6.45, 7) is 14.6. The molecule has 2 heteroatoms. The van der Waals surface area contributed by atoms with E-state index in [9.17, 15) is 9.90 Å². The number of carbonyl (C=O) groups is 1. The highest BCUT2D eigenvalue weighted by Crippen LogP contribution is 2.66. The second-order valence-electron chi connectivity index (χ2n) is 12.8. The van der Waals surface area contributed by atoms with Gasteiger partial charge in [0.1, 0.15) is 0 Å². The Hall–Kier alpha value is -0.630. The van der Waals surface area contributed by atoms with Crippen molar-refractivity contribution in [3.8, 4) is 0 Å². The fourth-order valence-electron chi connectivity index (χ4n) is 9.04. The molecule has 0 spiro atoms. The van der Waals surface area contributed by atoms with Crippen LogP contribution in [-0.2, 0) is 4.79 Å². The molecule has 0 aromatic rings. The van der Waals surface area contributed by atoms with Crippen molar-refractivity contribution in [2.45, 2.75) is 112 Å². The predicted octanol–water partition coefficient (Wildman–Crippen LogP) is 7.20. The molecule has 1 N–H and O–H groups in total. The molecule has 3 fully saturated rings. The molecule has 0 saturated heterocycles. The summed E-state index contributed by atoms with van der Waals surface area (Å²) in [5, 5.41) is 10.2. The van der Waals surface area contributed by atoms with E-state index in [0.717, 1.165) is 42.9 Å². The van der Waals surface area contributed by atoms with Gasteiger partial charge in [0.15, 0.2) is 5.78 Å². The molecule has 0 heterocycles. The van der Waals surface area contributed by atoms with Crippen molar-refractivity contribution in [1.82, 2.24) is 0 Å². The molecule has 3 saturated carbocycles. The summed E-state index contributed by atoms with van der Waals surface area (Å²) >= 11 is 0. The number of ketones is 1. The van der Waals surface area contributed by atoms with Crippen LogP contribution in [0.15, 0.2) is 11.6 Å². The molecule has 4 rings (SSSR count). The van der Waals surface area contributed by atoms with E-state index in [1.165, 1.54) is 50.5 Å². The molecular weight excluding hydrogens is 380 g/mol. The molecule has 0 radical (unpaired) electrons. The van der Waals surface area contributed by atoms with E-state index < -0.39 is 0 Å². The van der Waals surface area contributed by atoms with Crippen LogP contribution in [-0.4, -0.2) is 17.0 Å². The topological polar surface area (TPSA) is 37.3 Å². The molecule has 1 unspecified atom stereocenters. The first-order valence-electron chi connectivity index (χ1n) is 13.5. The molecule has 31 heavy (non-hydrogen) atoms. The minimum atomic E-state index is -0.243. The van der Waals surface area contributed by atoms with Gasteiger partial charge in [-0.1, -0.05) is 60.0 Å². The largest absolute Gasteiger partial charge is 0.393 e. The molecule has 0 aliphatic heterocycles. The lowest BCUT2D eigenvalue weighted by Crippen LogP contribution is -2.53. The highest BCUT2D eigenvalue weighted by atomic mass is 16.3. The van der Waals surface area contributed by atoms with Crippen molar-refractivity contribution < 1.29 is 9.90 Å². The Morgan fingerprint density at radius 1 is 1.03 bits per heavy atom. The standard InChI is InChI=1S/C29H48O2/c1-7-20(18(2)3)9-8-19(4)23-10-11-24-27-25(13-15-29(23,24)6)28(5)14-12-22(30)16-21(28)17-26(27)31/h17-20,22-25,27,30H,7-16H2,1-6H3/t19-,20-,22?,23-,24+,25+,27+,28+,29-/m1/s1. The van der Waals surface area contributed by atoms with Crippen LogP contribution in [0.2, 0.25) is 0 Å². The molecule has 4 aliphatic rings. The van der Waals surface area contributed by atoms with E-state index in [1.807, 2.05) is 6.08 Å². The Balaban J connectivity index is 1.52. The fraction of sp³-hybridized carbons (Fsp3) is 0.897. The van der Waals surface area contributed by atoms with Crippen molar-refractivity contribution in [3.63, 3.8) is 0 Å². The van der Waals surface area contributed by atoms with Gasteiger partial charge < -0.3 is 5.11 Å². The van der Waals surface area contributed by atoms with E-state index in [4.69, 9.17) is 0 Å². The zero-order valence-electron chi connectivity index (χ0n) is 21.1. The van der Waals surface area contributed by atoms with Gasteiger partial charge in [-0.25, -0.2) is 0 Å². The smallest absolute Gasteiger partial charge is 0.159 e. The summed E-state index contributed by atoms with van der Waals surface area (Å²) in [7, 11) is 0. The van der Waals surface area contributed by atoms with Gasteiger partial charge in [0.25, 0.3) is 0 Å². The van der Waals surface area contributed by atoms with Gasteiger partial charge in [0, 0.05) is 5.92 Å². The second kappa shape index (κ2) is 8.62. The maximum atomic E-state index is 13.5. The normalized spacial score (nSPS) is 44.3. The van der Waals surface area contributed by atoms with Crippen LogP contribution in [0.5, 0.6) is 0 Å². The zero-order valence-corrected chi connectivity index (χ0v) is 21.1. The van der Waals surface area contributed by atoms with Gasteiger partial charge in [-0.3, -0.25) is 4.79 Å². The summed E-state index contributed by atoms with van der Waals surface area (Å²) < 4.78 is 0. The van der Waals surface area contributed by atoms with Gasteiger partial charge in [-0.15, -0.1) is 0 Å². The highest BCUT2D eigenvalue weighted by molar-refractivity contribution is 5.94. The third-order valence-corrected chi connectivity index (χ3v) is 11.1. The van der Waals surface area contributed by atoms with Crippen LogP contribution in [0, 0.1) is 52.3 Å². The number of rotatable bonds is 6. The Kier molecular flexibility index (Phi) is 6.54. The van der Waals surface area contributed by atoms with Crippen molar-refractivity contribution in [3.05, 3.63) is 11.6 Å². The molecule has 0 amide bonds. The minimum absolute atomic E-state index is 0.147. The fourth-order valence-corrected chi connectivity index (χ4v) is 9.04. The Morgan fingerprint density at radius 2 is 1.77 bits per heavy atom. The lowest BCUT2D eigenvalue weighted by Gasteiger charge is -2.57. The van der Waals surface area contributed by atoms with Crippen molar-refractivity contribution in [2.75, 3.05) is 0 Å². The van der Waals surface area contributed by atoms with Crippen LogP contribution in [0.25, 0.3) is 0 Å². The summed E-state index contributed by atoms with van der Waals surface area (Å²) in [6, 6.07) is 0. The molecule has 9 atom stereocenters. The Morgan fingerprint density at radius 3 is 2.45 bits per heavy atom. The Labute approximate surface area is 191 Å².